The third-order valence-electron chi connectivity index (χ3n) is 2.35. The summed E-state index contributed by atoms with van der Waals surface area (Å²) < 4.78 is 0. The van der Waals surface area contributed by atoms with Gasteiger partial charge in [0.25, 0.3) is 0 Å². The fraction of sp³-hybridized carbons (Fsp3) is 0.333. The minimum atomic E-state index is -0.274. The van der Waals surface area contributed by atoms with Gasteiger partial charge in [0.1, 0.15) is 6.07 Å². The largest absolute Gasteiger partial charge is 0.398 e. The first kappa shape index (κ1) is 12.8. The molecule has 1 rings (SSSR count). The molecule has 5 N–H and O–H groups in total. The summed E-state index contributed by atoms with van der Waals surface area (Å²) in [5, 5.41) is 12.0. The van der Waals surface area contributed by atoms with Crippen LogP contribution in [0.3, 0.4) is 0 Å². The number of primary amides is 1. The van der Waals surface area contributed by atoms with E-state index in [2.05, 4.69) is 5.32 Å². The summed E-state index contributed by atoms with van der Waals surface area (Å²) in [7, 11) is 0. The molecule has 0 radical (unpaired) electrons. The third-order valence-corrected chi connectivity index (χ3v) is 2.35. The smallest absolute Gasteiger partial charge is 0.217 e. The van der Waals surface area contributed by atoms with E-state index in [1.165, 1.54) is 0 Å². The highest BCUT2D eigenvalue weighted by Crippen LogP contribution is 2.16. The first-order chi connectivity index (χ1) is 8.13. The van der Waals surface area contributed by atoms with E-state index >= 15 is 0 Å². The Morgan fingerprint density at radius 3 is 2.82 bits per heavy atom. The second-order valence-electron chi connectivity index (χ2n) is 3.76. The molecule has 0 heterocycles. The number of anilines is 2. The molecule has 0 aliphatic heterocycles. The predicted octanol–water partition coefficient (Wildman–Crippen LogP) is 1.21. The van der Waals surface area contributed by atoms with Crippen molar-refractivity contribution in [1.82, 2.24) is 0 Å². The van der Waals surface area contributed by atoms with E-state index in [-0.39, 0.29) is 5.91 Å². The van der Waals surface area contributed by atoms with Crippen molar-refractivity contribution in [2.45, 2.75) is 19.3 Å². The zero-order chi connectivity index (χ0) is 12.7. The molecule has 0 atom stereocenters. The number of carbonyl (C=O) groups excluding carboxylic acids is 1. The zero-order valence-electron chi connectivity index (χ0n) is 9.57. The lowest BCUT2D eigenvalue weighted by atomic mass is 10.1. The van der Waals surface area contributed by atoms with Gasteiger partial charge in [-0.2, -0.15) is 5.26 Å². The minimum Gasteiger partial charge on any atom is -0.398 e. The molecular weight excluding hydrogens is 216 g/mol. The van der Waals surface area contributed by atoms with Gasteiger partial charge in [0.15, 0.2) is 0 Å². The molecular formula is C12H16N4O. The Hall–Kier alpha value is -2.22. The van der Waals surface area contributed by atoms with Crippen LogP contribution in [0.2, 0.25) is 0 Å². The number of benzene rings is 1. The summed E-state index contributed by atoms with van der Waals surface area (Å²) in [5.41, 5.74) is 12.4. The van der Waals surface area contributed by atoms with Gasteiger partial charge in [-0.25, -0.2) is 0 Å². The van der Waals surface area contributed by atoms with Gasteiger partial charge in [-0.3, -0.25) is 4.79 Å². The number of hydrogen-bond donors (Lipinski definition) is 3. The molecule has 0 bridgehead atoms. The van der Waals surface area contributed by atoms with E-state index in [4.69, 9.17) is 16.7 Å². The number of amides is 1. The molecule has 0 spiro atoms. The Kier molecular flexibility index (Phi) is 4.82. The van der Waals surface area contributed by atoms with Crippen LogP contribution in [0.25, 0.3) is 0 Å². The highest BCUT2D eigenvalue weighted by atomic mass is 16.1. The number of nitrogens with zero attached hydrogens (tertiary/aromatic N) is 1. The van der Waals surface area contributed by atoms with E-state index < -0.39 is 0 Å². The third kappa shape index (κ3) is 4.43. The van der Waals surface area contributed by atoms with Crippen LogP contribution < -0.4 is 16.8 Å². The molecule has 0 aliphatic carbocycles. The van der Waals surface area contributed by atoms with Gasteiger partial charge in [0.05, 0.1) is 5.56 Å². The van der Waals surface area contributed by atoms with E-state index in [9.17, 15) is 4.79 Å². The van der Waals surface area contributed by atoms with Gasteiger partial charge in [0, 0.05) is 24.3 Å². The number of nitriles is 1. The zero-order valence-corrected chi connectivity index (χ0v) is 9.57. The van der Waals surface area contributed by atoms with Gasteiger partial charge in [-0.15, -0.1) is 0 Å². The average molecular weight is 232 g/mol. The van der Waals surface area contributed by atoms with Crippen molar-refractivity contribution >= 4 is 17.3 Å². The molecule has 5 heteroatoms. The lowest BCUT2D eigenvalue weighted by Gasteiger charge is -2.07. The predicted molar refractivity (Wildman–Crippen MR) is 67.1 cm³/mol. The maximum absolute atomic E-state index is 10.5. The molecule has 1 aromatic rings. The van der Waals surface area contributed by atoms with Gasteiger partial charge < -0.3 is 16.8 Å². The quantitative estimate of drug-likeness (QED) is 0.506. The molecule has 1 aromatic carbocycles. The van der Waals surface area contributed by atoms with E-state index in [1.54, 1.807) is 12.1 Å². The number of nitrogens with one attached hydrogen (secondary N) is 1. The highest BCUT2D eigenvalue weighted by molar-refractivity contribution is 5.73. The van der Waals surface area contributed by atoms with Crippen LogP contribution in [0.4, 0.5) is 11.4 Å². The maximum atomic E-state index is 10.5. The van der Waals surface area contributed by atoms with Crippen molar-refractivity contribution < 1.29 is 4.79 Å². The van der Waals surface area contributed by atoms with Gasteiger partial charge in [-0.1, -0.05) is 0 Å². The lowest BCUT2D eigenvalue weighted by Crippen LogP contribution is -2.11. The molecule has 0 aromatic heterocycles. The van der Waals surface area contributed by atoms with Crippen molar-refractivity contribution in [1.29, 1.82) is 5.26 Å². The van der Waals surface area contributed by atoms with E-state index in [0.717, 1.165) is 25.1 Å². The Morgan fingerprint density at radius 1 is 1.41 bits per heavy atom. The van der Waals surface area contributed by atoms with Crippen LogP contribution in [0.1, 0.15) is 24.8 Å². The second kappa shape index (κ2) is 6.38. The van der Waals surface area contributed by atoms with Crippen molar-refractivity contribution in [2.75, 3.05) is 17.6 Å². The Labute approximate surface area is 100 Å². The van der Waals surface area contributed by atoms with Crippen LogP contribution >= 0.6 is 0 Å². The normalized spacial score (nSPS) is 9.59. The van der Waals surface area contributed by atoms with Gasteiger partial charge in [0.2, 0.25) is 5.91 Å². The summed E-state index contributed by atoms with van der Waals surface area (Å²) >= 11 is 0. The minimum absolute atomic E-state index is 0.274. The fourth-order valence-electron chi connectivity index (χ4n) is 1.42. The summed E-state index contributed by atoms with van der Waals surface area (Å²) in [4.78, 5) is 10.5. The summed E-state index contributed by atoms with van der Waals surface area (Å²) in [6, 6.07) is 7.26. The van der Waals surface area contributed by atoms with Gasteiger partial charge in [-0.05, 0) is 31.0 Å². The second-order valence-corrected chi connectivity index (χ2v) is 3.76. The Balaban J connectivity index is 2.37. The number of rotatable bonds is 6. The molecule has 90 valence electrons. The van der Waals surface area contributed by atoms with Crippen molar-refractivity contribution in [2.24, 2.45) is 5.73 Å². The maximum Gasteiger partial charge on any atom is 0.217 e. The molecule has 0 fully saturated rings. The lowest BCUT2D eigenvalue weighted by molar-refractivity contribution is -0.118. The van der Waals surface area contributed by atoms with Crippen LogP contribution in [-0.2, 0) is 4.79 Å². The SMILES string of the molecule is N#Cc1cc(NCCCCC(N)=O)ccc1N. The topological polar surface area (TPSA) is 105 Å². The van der Waals surface area contributed by atoms with Crippen LogP contribution in [-0.4, -0.2) is 12.5 Å². The molecule has 17 heavy (non-hydrogen) atoms. The molecule has 0 aliphatic rings. The van der Waals surface area contributed by atoms with Crippen LogP contribution in [0.5, 0.6) is 0 Å². The highest BCUT2D eigenvalue weighted by Gasteiger charge is 2.00. The Morgan fingerprint density at radius 2 is 2.18 bits per heavy atom. The first-order valence-corrected chi connectivity index (χ1v) is 5.45. The molecule has 0 saturated heterocycles. The van der Waals surface area contributed by atoms with Crippen LogP contribution in [0, 0.1) is 11.3 Å². The van der Waals surface area contributed by atoms with Crippen molar-refractivity contribution in [3.05, 3.63) is 23.8 Å². The van der Waals surface area contributed by atoms with Crippen molar-refractivity contribution in [3.63, 3.8) is 0 Å². The fourth-order valence-corrected chi connectivity index (χ4v) is 1.42. The number of nitrogens with two attached hydrogens (primary N) is 2. The number of nitrogen functional groups attached to an aromatic ring is 1. The molecule has 5 nitrogen and oxygen atoms in total. The van der Waals surface area contributed by atoms with Crippen molar-refractivity contribution in [3.8, 4) is 6.07 Å². The standard InChI is InChI=1S/C12H16N4O/c13-8-9-7-10(4-5-11(9)14)16-6-2-1-3-12(15)17/h4-5,7,16H,1-3,6,14H2,(H2,15,17). The summed E-state index contributed by atoms with van der Waals surface area (Å²) in [6.07, 6.45) is 2.03. The number of hydrogen-bond acceptors (Lipinski definition) is 4. The first-order valence-electron chi connectivity index (χ1n) is 5.45. The van der Waals surface area contributed by atoms with E-state index in [1.807, 2.05) is 12.1 Å². The average Bonchev–Trinajstić information content (AvgIpc) is 2.30. The summed E-state index contributed by atoms with van der Waals surface area (Å²) in [6.45, 7) is 0.738. The molecule has 0 saturated carbocycles. The number of carbonyl (C=O) groups is 1. The number of unbranched alkanes of at least 4 members (excludes halogenated alkanes) is 1. The molecule has 0 unspecified atom stereocenters. The van der Waals surface area contributed by atoms with Crippen LogP contribution in [0.15, 0.2) is 18.2 Å². The van der Waals surface area contributed by atoms with Gasteiger partial charge >= 0.3 is 0 Å². The van der Waals surface area contributed by atoms with E-state index in [0.29, 0.717) is 17.7 Å². The monoisotopic (exact) mass is 232 g/mol. The Bertz CT molecular complexity index is 437. The summed E-state index contributed by atoms with van der Waals surface area (Å²) in [5.74, 6) is -0.274. The molecule has 1 amide bonds.